The number of carboxylic acid groups (broad SMARTS) is 1. The molecule has 0 atom stereocenters. The van der Waals surface area contributed by atoms with E-state index in [0.29, 0.717) is 71.8 Å². The minimum Gasteiger partial charge on any atom is -0.478 e. The van der Waals surface area contributed by atoms with E-state index in [1.165, 1.54) is 12.4 Å². The number of hydrogen-bond acceptors (Lipinski definition) is 8. The predicted molar refractivity (Wildman–Crippen MR) is 150 cm³/mol. The zero-order valence-electron chi connectivity index (χ0n) is 23.1. The Balaban J connectivity index is 1.10. The molecule has 0 radical (unpaired) electrons. The summed E-state index contributed by atoms with van der Waals surface area (Å²) in [7, 11) is 0. The van der Waals surface area contributed by atoms with Crippen LogP contribution < -0.4 is 0 Å². The van der Waals surface area contributed by atoms with Gasteiger partial charge in [-0.1, -0.05) is 33.5 Å². The number of aromatic nitrogens is 4. The van der Waals surface area contributed by atoms with Gasteiger partial charge in [0.25, 0.3) is 0 Å². The fraction of sp³-hybridized carbons (Fsp3) is 0.433. The fourth-order valence-corrected chi connectivity index (χ4v) is 7.02. The van der Waals surface area contributed by atoms with Gasteiger partial charge in [-0.3, -0.25) is 4.98 Å². The third kappa shape index (κ3) is 5.16. The van der Waals surface area contributed by atoms with Gasteiger partial charge >= 0.3 is 12.1 Å². The molecule has 14 heteroatoms. The highest BCUT2D eigenvalue weighted by atomic mass is 35.5. The highest BCUT2D eigenvalue weighted by Crippen LogP contribution is 2.55. The molecule has 4 saturated carbocycles. The molecule has 4 fully saturated rings. The van der Waals surface area contributed by atoms with Gasteiger partial charge in [0.15, 0.2) is 0 Å². The molecule has 4 aliphatic rings. The maximum atomic E-state index is 13.4. The zero-order chi connectivity index (χ0) is 30.9. The zero-order valence-corrected chi connectivity index (χ0v) is 24.6. The number of fused-ring (bicyclic) bond motifs is 3. The van der Waals surface area contributed by atoms with Gasteiger partial charge in [0.1, 0.15) is 11.5 Å². The molecule has 4 aliphatic carbocycles. The predicted octanol–water partition coefficient (Wildman–Crippen LogP) is 8.25. The number of carbonyl (C=O) groups is 1. The Morgan fingerprint density at radius 1 is 1.00 bits per heavy atom. The van der Waals surface area contributed by atoms with Crippen LogP contribution in [0, 0.1) is 0 Å². The van der Waals surface area contributed by atoms with Crippen molar-refractivity contribution in [2.45, 2.75) is 81.1 Å². The van der Waals surface area contributed by atoms with Crippen molar-refractivity contribution in [3.63, 3.8) is 0 Å². The Labute approximate surface area is 258 Å². The first-order valence-corrected chi connectivity index (χ1v) is 14.9. The highest BCUT2D eigenvalue weighted by molar-refractivity contribution is 6.38. The van der Waals surface area contributed by atoms with Gasteiger partial charge < -0.3 is 18.9 Å². The van der Waals surface area contributed by atoms with E-state index in [4.69, 9.17) is 37.0 Å². The summed E-state index contributed by atoms with van der Waals surface area (Å²) >= 11 is 12.9. The van der Waals surface area contributed by atoms with Crippen molar-refractivity contribution >= 4 is 29.2 Å². The van der Waals surface area contributed by atoms with Crippen molar-refractivity contribution in [2.75, 3.05) is 0 Å². The van der Waals surface area contributed by atoms with Gasteiger partial charge in [0, 0.05) is 35.0 Å². The molecule has 0 unspecified atom stereocenters. The molecule has 0 aliphatic heterocycles. The Kier molecular flexibility index (Phi) is 7.02. The Hall–Kier alpha value is -3.48. The lowest BCUT2D eigenvalue weighted by Crippen LogP contribution is -2.49. The summed E-state index contributed by atoms with van der Waals surface area (Å²) in [6.45, 7) is 0.277. The Bertz CT molecular complexity index is 1720. The first kappa shape index (κ1) is 29.2. The van der Waals surface area contributed by atoms with Crippen LogP contribution in [0.1, 0.15) is 90.4 Å². The molecule has 0 spiro atoms. The summed E-state index contributed by atoms with van der Waals surface area (Å²) in [5, 5.41) is 18.4. The molecule has 2 bridgehead atoms. The number of aromatic carboxylic acids is 1. The minimum absolute atomic E-state index is 0.0710. The Morgan fingerprint density at radius 2 is 1.68 bits per heavy atom. The van der Waals surface area contributed by atoms with E-state index in [-0.39, 0.29) is 29.5 Å². The molecule has 4 aromatic rings. The molecule has 0 amide bonds. The molecule has 9 nitrogen and oxygen atoms in total. The van der Waals surface area contributed by atoms with Gasteiger partial charge in [0.05, 0.1) is 38.8 Å². The number of nitrogens with zero attached hydrogens (tertiary/aromatic N) is 4. The molecule has 1 aromatic carbocycles. The number of alkyl halides is 3. The summed E-state index contributed by atoms with van der Waals surface area (Å²) in [6.07, 6.45) is 4.53. The summed E-state index contributed by atoms with van der Waals surface area (Å²) in [5.74, 6) is -0.144. The molecular weight excluding hydrogens is 624 g/mol. The first-order chi connectivity index (χ1) is 21.0. The average molecular weight is 649 g/mol. The standard InChI is InChI=1S/C30H25Cl2F3N4O5/c31-20-12-36-13-21(32)22(20)23-19(24(43-38-23)15-1-2-15)14-42-29-6-3-28(4-7-29,5-8-29)27-37-25(39-44-27)16-9-17(26(40)41)11-18(10-16)30(33,34)35/h9-13,15H,1-8,14H2,(H,40,41). The topological polar surface area (TPSA) is 124 Å². The molecule has 8 rings (SSSR count). The SMILES string of the molecule is O=C(O)c1cc(-c2noc(C34CCC(OCc5c(-c6c(Cl)cncc6Cl)noc5C5CC5)(CC3)CC4)n2)cc(C(F)(F)F)c1. The van der Waals surface area contributed by atoms with Gasteiger partial charge in [-0.15, -0.1) is 0 Å². The molecule has 230 valence electrons. The van der Waals surface area contributed by atoms with E-state index in [0.717, 1.165) is 36.3 Å². The second-order valence-electron chi connectivity index (χ2n) is 11.9. The van der Waals surface area contributed by atoms with Crippen LogP contribution in [0.25, 0.3) is 22.6 Å². The minimum atomic E-state index is -4.73. The van der Waals surface area contributed by atoms with Crippen molar-refractivity contribution in [1.29, 1.82) is 0 Å². The fourth-order valence-electron chi connectivity index (χ4n) is 6.48. The van der Waals surface area contributed by atoms with Crippen LogP contribution in [0.4, 0.5) is 13.2 Å². The van der Waals surface area contributed by atoms with E-state index >= 15 is 0 Å². The number of hydrogen-bond donors (Lipinski definition) is 1. The number of benzene rings is 1. The monoisotopic (exact) mass is 648 g/mol. The second-order valence-corrected chi connectivity index (χ2v) is 12.7. The lowest BCUT2D eigenvalue weighted by Gasteiger charge is -2.51. The quantitative estimate of drug-likeness (QED) is 0.201. The molecule has 0 saturated heterocycles. The van der Waals surface area contributed by atoms with Crippen molar-refractivity contribution in [3.8, 4) is 22.6 Å². The maximum Gasteiger partial charge on any atom is 0.416 e. The van der Waals surface area contributed by atoms with Gasteiger partial charge in [0.2, 0.25) is 11.7 Å². The normalized spacial score (nSPS) is 23.3. The van der Waals surface area contributed by atoms with Crippen molar-refractivity contribution in [1.82, 2.24) is 20.3 Å². The van der Waals surface area contributed by atoms with Crippen LogP contribution >= 0.6 is 23.2 Å². The van der Waals surface area contributed by atoms with Crippen molar-refractivity contribution in [2.24, 2.45) is 0 Å². The number of ether oxygens (including phenoxy) is 1. The number of halogens is 5. The highest BCUT2D eigenvalue weighted by Gasteiger charge is 2.53. The van der Waals surface area contributed by atoms with Crippen molar-refractivity contribution < 1.29 is 36.9 Å². The lowest BCUT2D eigenvalue weighted by molar-refractivity contribution is -0.137. The van der Waals surface area contributed by atoms with Gasteiger partial charge in [-0.05, 0) is 69.6 Å². The Morgan fingerprint density at radius 3 is 2.30 bits per heavy atom. The second kappa shape index (κ2) is 10.6. The van der Waals surface area contributed by atoms with E-state index in [1.807, 2.05) is 0 Å². The van der Waals surface area contributed by atoms with Crippen LogP contribution in [0.2, 0.25) is 10.0 Å². The third-order valence-corrected chi connectivity index (χ3v) is 9.78. The van der Waals surface area contributed by atoms with E-state index in [1.54, 1.807) is 0 Å². The van der Waals surface area contributed by atoms with Crippen LogP contribution in [-0.4, -0.2) is 37.0 Å². The van der Waals surface area contributed by atoms with Crippen LogP contribution in [0.15, 0.2) is 39.6 Å². The number of rotatable bonds is 8. The van der Waals surface area contributed by atoms with Crippen LogP contribution in [0.3, 0.4) is 0 Å². The van der Waals surface area contributed by atoms with E-state index in [2.05, 4.69) is 20.3 Å². The number of pyridine rings is 1. The van der Waals surface area contributed by atoms with Gasteiger partial charge in [-0.2, -0.15) is 18.2 Å². The average Bonchev–Trinajstić information content (AvgIpc) is 3.56. The van der Waals surface area contributed by atoms with E-state index in [9.17, 15) is 23.1 Å². The summed E-state index contributed by atoms with van der Waals surface area (Å²) in [5.41, 5.74) is -0.544. The molecular formula is C30H25Cl2F3N4O5. The summed E-state index contributed by atoms with van der Waals surface area (Å²) < 4.78 is 58.4. The van der Waals surface area contributed by atoms with Crippen molar-refractivity contribution in [3.05, 3.63) is 69.0 Å². The lowest BCUT2D eigenvalue weighted by atomic mass is 9.58. The maximum absolute atomic E-state index is 13.4. The van der Waals surface area contributed by atoms with E-state index < -0.39 is 28.7 Å². The van der Waals surface area contributed by atoms with Gasteiger partial charge in [-0.25, -0.2) is 4.79 Å². The number of carboxylic acids is 1. The van der Waals surface area contributed by atoms with Crippen LogP contribution in [-0.2, 0) is 22.9 Å². The first-order valence-electron chi connectivity index (χ1n) is 14.2. The largest absolute Gasteiger partial charge is 0.478 e. The summed E-state index contributed by atoms with van der Waals surface area (Å²) in [4.78, 5) is 20.0. The third-order valence-electron chi connectivity index (χ3n) is 9.20. The molecule has 3 aromatic heterocycles. The molecule has 3 heterocycles. The molecule has 44 heavy (non-hydrogen) atoms. The van der Waals surface area contributed by atoms with Crippen LogP contribution in [0.5, 0.6) is 0 Å². The summed E-state index contributed by atoms with van der Waals surface area (Å²) in [6, 6.07) is 2.54. The smallest absolute Gasteiger partial charge is 0.416 e. The molecule has 1 N–H and O–H groups in total.